The number of ether oxygens (including phenoxy) is 3. The van der Waals surface area contributed by atoms with Crippen molar-refractivity contribution in [3.8, 4) is 11.5 Å². The van der Waals surface area contributed by atoms with E-state index in [-0.39, 0.29) is 6.10 Å². The Bertz CT molecular complexity index is 2400. The first-order valence-electron chi connectivity index (χ1n) is 17.4. The summed E-state index contributed by atoms with van der Waals surface area (Å²) in [4.78, 5) is 23.5. The molecule has 272 valence electrons. The molecule has 4 heterocycles. The van der Waals surface area contributed by atoms with E-state index < -0.39 is 23.0 Å². The topological polar surface area (TPSA) is 135 Å². The summed E-state index contributed by atoms with van der Waals surface area (Å²) >= 11 is 0. The van der Waals surface area contributed by atoms with Crippen LogP contribution in [0.1, 0.15) is 60.3 Å². The maximum Gasteiger partial charge on any atom is 0.336 e. The molecule has 0 aliphatic rings. The van der Waals surface area contributed by atoms with Crippen molar-refractivity contribution in [2.45, 2.75) is 78.1 Å². The number of fused-ring (bicyclic) bond motifs is 4. The van der Waals surface area contributed by atoms with Gasteiger partial charge in [0.15, 0.2) is 0 Å². The second-order valence-electron chi connectivity index (χ2n) is 13.8. The molecular formula is C42H44O10. The highest BCUT2D eigenvalue weighted by molar-refractivity contribution is 6.02. The quantitative estimate of drug-likeness (QED) is 0.0765. The van der Waals surface area contributed by atoms with E-state index in [1.54, 1.807) is 36.8 Å². The molecule has 0 spiro atoms. The van der Waals surface area contributed by atoms with E-state index in [4.69, 9.17) is 31.9 Å². The molecule has 6 rings (SSSR count). The molecule has 0 saturated carbocycles. The van der Waals surface area contributed by atoms with Crippen molar-refractivity contribution in [3.63, 3.8) is 0 Å². The third-order valence-electron chi connectivity index (χ3n) is 9.35. The van der Waals surface area contributed by atoms with Crippen LogP contribution in [0.5, 0.6) is 11.5 Å². The molecule has 0 radical (unpaired) electrons. The van der Waals surface area contributed by atoms with Crippen molar-refractivity contribution in [3.05, 3.63) is 117 Å². The van der Waals surface area contributed by atoms with E-state index in [9.17, 15) is 14.7 Å². The highest BCUT2D eigenvalue weighted by Crippen LogP contribution is 2.36. The van der Waals surface area contributed by atoms with Gasteiger partial charge in [-0.3, -0.25) is 0 Å². The lowest BCUT2D eigenvalue weighted by molar-refractivity contribution is -0.128. The maximum atomic E-state index is 11.8. The normalized spacial score (nSPS) is 14.0. The van der Waals surface area contributed by atoms with Gasteiger partial charge in [-0.2, -0.15) is 0 Å². The van der Waals surface area contributed by atoms with Gasteiger partial charge in [-0.1, -0.05) is 23.3 Å². The van der Waals surface area contributed by atoms with Gasteiger partial charge in [-0.05, 0) is 96.7 Å². The molecule has 4 aromatic heterocycles. The minimum Gasteiger partial charge on any atom is -0.488 e. The minimum atomic E-state index is -0.819. The Morgan fingerprint density at radius 2 is 1.19 bits per heavy atom. The molecule has 2 unspecified atom stereocenters. The van der Waals surface area contributed by atoms with Crippen LogP contribution in [0.4, 0.5) is 0 Å². The van der Waals surface area contributed by atoms with Crippen LogP contribution in [0, 0.1) is 0 Å². The summed E-state index contributed by atoms with van der Waals surface area (Å²) in [7, 11) is 0. The van der Waals surface area contributed by atoms with Gasteiger partial charge in [0.1, 0.15) is 47.0 Å². The number of rotatable bonds is 16. The van der Waals surface area contributed by atoms with Crippen molar-refractivity contribution >= 4 is 43.9 Å². The monoisotopic (exact) mass is 708 g/mol. The molecule has 0 fully saturated rings. The molecule has 1 N–H and O–H groups in total. The van der Waals surface area contributed by atoms with Crippen LogP contribution in [0.25, 0.3) is 43.9 Å². The average molecular weight is 709 g/mol. The molecule has 0 aliphatic carbocycles. The van der Waals surface area contributed by atoms with Gasteiger partial charge in [0.2, 0.25) is 0 Å². The lowest BCUT2D eigenvalue weighted by atomic mass is 9.94. The first-order chi connectivity index (χ1) is 24.9. The SMILES string of the molecule is C=C(C)C(CCC(C)=CCOc1c2ccoc2cc2oc(=O)ccc12)OC(C)(C)C(O)CCC(C)=CCOc1c2ccoc2cc2oc(=O)ccc12. The van der Waals surface area contributed by atoms with Gasteiger partial charge < -0.3 is 37.0 Å². The Morgan fingerprint density at radius 3 is 1.67 bits per heavy atom. The van der Waals surface area contributed by atoms with Crippen molar-refractivity contribution < 1.29 is 37.0 Å². The number of aliphatic hydroxyl groups is 1. The zero-order valence-electron chi connectivity index (χ0n) is 30.2. The number of furan rings is 2. The van der Waals surface area contributed by atoms with Crippen molar-refractivity contribution in [1.29, 1.82) is 0 Å². The standard InChI is InChI=1S/C42H44O10/c1-25(2)32(11-7-26(3)15-19-48-40-28-9-13-38(44)50-35(28)23-33-30(40)17-21-46-33)52-42(5,6)37(43)12-8-27(4)16-20-49-41-29-10-14-39(45)51-36(29)24-34-31(41)18-22-47-34/h9-10,13-18,21-24,32,37,43H,1,7-8,11-12,19-20H2,2-6H3. The van der Waals surface area contributed by atoms with E-state index in [1.807, 2.05) is 58.9 Å². The summed E-state index contributed by atoms with van der Waals surface area (Å²) in [6.45, 7) is 14.6. The smallest absolute Gasteiger partial charge is 0.336 e. The molecule has 6 aromatic rings. The molecule has 52 heavy (non-hydrogen) atoms. The Balaban J connectivity index is 1.01. The first kappa shape index (κ1) is 36.5. The summed E-state index contributed by atoms with van der Waals surface area (Å²) < 4.78 is 40.6. The second kappa shape index (κ2) is 15.5. The molecule has 0 amide bonds. The van der Waals surface area contributed by atoms with E-state index in [0.717, 1.165) is 33.9 Å². The molecule has 10 heteroatoms. The Morgan fingerprint density at radius 1 is 0.731 bits per heavy atom. The summed E-state index contributed by atoms with van der Waals surface area (Å²) in [5, 5.41) is 14.2. The summed E-state index contributed by atoms with van der Waals surface area (Å²) in [5.74, 6) is 1.19. The van der Waals surface area contributed by atoms with Gasteiger partial charge in [0.25, 0.3) is 0 Å². The number of allylic oxidation sites excluding steroid dienone is 2. The lowest BCUT2D eigenvalue weighted by Crippen LogP contribution is -2.42. The molecule has 0 saturated heterocycles. The largest absolute Gasteiger partial charge is 0.488 e. The van der Waals surface area contributed by atoms with Gasteiger partial charge in [-0.15, -0.1) is 0 Å². The summed E-state index contributed by atoms with van der Waals surface area (Å²) in [5.41, 5.74) is 3.32. The predicted octanol–water partition coefficient (Wildman–Crippen LogP) is 9.40. The fraction of sp³-hybridized carbons (Fsp3) is 0.333. The minimum absolute atomic E-state index is 0.254. The molecule has 0 aliphatic heterocycles. The third-order valence-corrected chi connectivity index (χ3v) is 9.35. The van der Waals surface area contributed by atoms with Crippen molar-refractivity contribution in [2.75, 3.05) is 13.2 Å². The van der Waals surface area contributed by atoms with Crippen LogP contribution < -0.4 is 20.7 Å². The third kappa shape index (κ3) is 8.25. The van der Waals surface area contributed by atoms with Crippen LogP contribution in [-0.2, 0) is 4.74 Å². The lowest BCUT2D eigenvalue weighted by Gasteiger charge is -2.35. The summed E-state index contributed by atoms with van der Waals surface area (Å²) in [6, 6.07) is 13.2. The highest BCUT2D eigenvalue weighted by atomic mass is 16.5. The average Bonchev–Trinajstić information content (AvgIpc) is 3.77. The summed E-state index contributed by atoms with van der Waals surface area (Å²) in [6.07, 6.45) is 8.77. The van der Waals surface area contributed by atoms with E-state index in [1.165, 1.54) is 12.1 Å². The van der Waals surface area contributed by atoms with E-state index in [0.29, 0.717) is 77.1 Å². The number of hydrogen-bond acceptors (Lipinski definition) is 10. The van der Waals surface area contributed by atoms with Crippen LogP contribution in [0.15, 0.2) is 124 Å². The van der Waals surface area contributed by atoms with Crippen LogP contribution in [-0.4, -0.2) is 36.1 Å². The predicted molar refractivity (Wildman–Crippen MR) is 201 cm³/mol. The van der Waals surface area contributed by atoms with Gasteiger partial charge >= 0.3 is 11.3 Å². The van der Waals surface area contributed by atoms with Crippen LogP contribution in [0.3, 0.4) is 0 Å². The number of hydrogen-bond donors (Lipinski definition) is 1. The number of benzene rings is 2. The van der Waals surface area contributed by atoms with Crippen molar-refractivity contribution in [2.24, 2.45) is 0 Å². The Hall–Kier alpha value is -5.32. The zero-order chi connectivity index (χ0) is 37.0. The number of aliphatic hydroxyl groups excluding tert-OH is 1. The fourth-order valence-corrected chi connectivity index (χ4v) is 6.19. The van der Waals surface area contributed by atoms with Crippen LogP contribution in [0.2, 0.25) is 0 Å². The van der Waals surface area contributed by atoms with Crippen molar-refractivity contribution in [1.82, 2.24) is 0 Å². The highest BCUT2D eigenvalue weighted by Gasteiger charge is 2.32. The van der Waals surface area contributed by atoms with Gasteiger partial charge in [0.05, 0.1) is 51.9 Å². The van der Waals surface area contributed by atoms with Gasteiger partial charge in [-0.25, -0.2) is 9.59 Å². The zero-order valence-corrected chi connectivity index (χ0v) is 30.2. The van der Waals surface area contributed by atoms with E-state index >= 15 is 0 Å². The first-order valence-corrected chi connectivity index (χ1v) is 17.4. The van der Waals surface area contributed by atoms with Gasteiger partial charge in [0, 0.05) is 24.3 Å². The maximum absolute atomic E-state index is 11.8. The molecule has 10 nitrogen and oxygen atoms in total. The Kier molecular flexibility index (Phi) is 10.9. The molecular weight excluding hydrogens is 664 g/mol. The van der Waals surface area contributed by atoms with Crippen LogP contribution >= 0.6 is 0 Å². The molecule has 2 aromatic carbocycles. The Labute approximate surface area is 300 Å². The van der Waals surface area contributed by atoms with E-state index in [2.05, 4.69) is 6.58 Å². The fourth-order valence-electron chi connectivity index (χ4n) is 6.19. The molecule has 2 atom stereocenters. The second-order valence-corrected chi connectivity index (χ2v) is 13.8. The molecule has 0 bridgehead atoms.